The standard InChI is InChI=1S/C9H7NO3/c11-8-4-2-1-3-6(8)7-5-13-9(12)10-7/h1-5,11H,(H,10,12). The van der Waals surface area contributed by atoms with Crippen molar-refractivity contribution in [3.63, 3.8) is 0 Å². The first kappa shape index (κ1) is 7.67. The van der Waals surface area contributed by atoms with Gasteiger partial charge in [-0.1, -0.05) is 12.1 Å². The van der Waals surface area contributed by atoms with Crippen molar-refractivity contribution in [1.29, 1.82) is 0 Å². The number of phenols is 1. The Morgan fingerprint density at radius 2 is 2.08 bits per heavy atom. The maximum Gasteiger partial charge on any atom is 0.416 e. The van der Waals surface area contributed by atoms with Gasteiger partial charge in [-0.15, -0.1) is 0 Å². The molecular weight excluding hydrogens is 170 g/mol. The van der Waals surface area contributed by atoms with Crippen LogP contribution < -0.4 is 5.76 Å². The molecule has 0 unspecified atom stereocenters. The van der Waals surface area contributed by atoms with Gasteiger partial charge in [0.15, 0.2) is 0 Å². The Morgan fingerprint density at radius 1 is 1.31 bits per heavy atom. The average Bonchev–Trinajstić information content (AvgIpc) is 2.53. The van der Waals surface area contributed by atoms with Crippen LogP contribution in [0.3, 0.4) is 0 Å². The number of rotatable bonds is 1. The molecule has 2 rings (SSSR count). The number of hydrogen-bond donors (Lipinski definition) is 2. The zero-order valence-electron chi connectivity index (χ0n) is 6.65. The molecule has 1 aromatic heterocycles. The number of phenolic OH excluding ortho intramolecular Hbond substituents is 1. The molecule has 0 bridgehead atoms. The number of benzene rings is 1. The van der Waals surface area contributed by atoms with Crippen molar-refractivity contribution < 1.29 is 9.52 Å². The quantitative estimate of drug-likeness (QED) is 0.690. The van der Waals surface area contributed by atoms with E-state index >= 15 is 0 Å². The second-order valence-corrected chi connectivity index (χ2v) is 2.58. The minimum atomic E-state index is -0.529. The van der Waals surface area contributed by atoms with Crippen molar-refractivity contribution in [1.82, 2.24) is 4.98 Å². The maximum absolute atomic E-state index is 10.7. The third kappa shape index (κ3) is 1.33. The predicted octanol–water partition coefficient (Wildman–Crippen LogP) is 1.34. The van der Waals surface area contributed by atoms with E-state index in [9.17, 15) is 9.90 Å². The molecular formula is C9H7NO3. The smallest absolute Gasteiger partial charge is 0.416 e. The summed E-state index contributed by atoms with van der Waals surface area (Å²) in [6.07, 6.45) is 1.28. The number of nitrogens with one attached hydrogen (secondary N) is 1. The molecule has 66 valence electrons. The van der Waals surface area contributed by atoms with Crippen LogP contribution in [0.15, 0.2) is 39.7 Å². The van der Waals surface area contributed by atoms with Crippen LogP contribution in [-0.4, -0.2) is 10.1 Å². The van der Waals surface area contributed by atoms with E-state index in [0.717, 1.165) is 0 Å². The van der Waals surface area contributed by atoms with Gasteiger partial charge in [-0.2, -0.15) is 0 Å². The molecule has 0 saturated carbocycles. The van der Waals surface area contributed by atoms with Crippen molar-refractivity contribution in [2.75, 3.05) is 0 Å². The fraction of sp³-hybridized carbons (Fsp3) is 0. The number of hydrogen-bond acceptors (Lipinski definition) is 3. The van der Waals surface area contributed by atoms with Crippen LogP contribution in [0.25, 0.3) is 11.3 Å². The third-order valence-corrected chi connectivity index (χ3v) is 1.71. The monoisotopic (exact) mass is 177 g/mol. The Labute approximate surface area is 73.5 Å². The molecule has 1 aromatic carbocycles. The van der Waals surface area contributed by atoms with Gasteiger partial charge in [0.2, 0.25) is 0 Å². The van der Waals surface area contributed by atoms with Crippen molar-refractivity contribution in [3.05, 3.63) is 41.1 Å². The van der Waals surface area contributed by atoms with Crippen molar-refractivity contribution in [2.45, 2.75) is 0 Å². The molecule has 0 atom stereocenters. The first-order valence-corrected chi connectivity index (χ1v) is 3.73. The van der Waals surface area contributed by atoms with Crippen LogP contribution >= 0.6 is 0 Å². The molecule has 0 amide bonds. The van der Waals surface area contributed by atoms with Crippen LogP contribution in [0.2, 0.25) is 0 Å². The summed E-state index contributed by atoms with van der Waals surface area (Å²) in [7, 11) is 0. The number of aromatic nitrogens is 1. The van der Waals surface area contributed by atoms with Crippen LogP contribution in [-0.2, 0) is 0 Å². The Bertz CT molecular complexity index is 469. The van der Waals surface area contributed by atoms with E-state index in [4.69, 9.17) is 0 Å². The van der Waals surface area contributed by atoms with Crippen LogP contribution in [0.5, 0.6) is 5.75 Å². The lowest BCUT2D eigenvalue weighted by molar-refractivity contribution is 0.477. The highest BCUT2D eigenvalue weighted by Gasteiger charge is 2.05. The Morgan fingerprint density at radius 3 is 2.69 bits per heavy atom. The van der Waals surface area contributed by atoms with Gasteiger partial charge in [0.05, 0.1) is 5.69 Å². The molecule has 2 aromatic rings. The van der Waals surface area contributed by atoms with Gasteiger partial charge in [0.25, 0.3) is 0 Å². The molecule has 2 N–H and O–H groups in total. The SMILES string of the molecule is O=c1[nH]c(-c2ccccc2O)co1. The molecule has 0 saturated heterocycles. The van der Waals surface area contributed by atoms with Gasteiger partial charge in [-0.3, -0.25) is 4.98 Å². The summed E-state index contributed by atoms with van der Waals surface area (Å²) >= 11 is 0. The highest BCUT2D eigenvalue weighted by Crippen LogP contribution is 2.25. The Balaban J connectivity index is 2.58. The van der Waals surface area contributed by atoms with Crippen LogP contribution in [0.1, 0.15) is 0 Å². The molecule has 13 heavy (non-hydrogen) atoms. The predicted molar refractivity (Wildman–Crippen MR) is 46.4 cm³/mol. The van der Waals surface area contributed by atoms with Crippen molar-refractivity contribution in [2.24, 2.45) is 0 Å². The summed E-state index contributed by atoms with van der Waals surface area (Å²) in [6.45, 7) is 0. The van der Waals surface area contributed by atoms with Gasteiger partial charge < -0.3 is 9.52 Å². The van der Waals surface area contributed by atoms with Gasteiger partial charge in [-0.25, -0.2) is 4.79 Å². The molecule has 0 spiro atoms. The van der Waals surface area contributed by atoms with Gasteiger partial charge >= 0.3 is 5.76 Å². The number of oxazole rings is 1. The average molecular weight is 177 g/mol. The summed E-state index contributed by atoms with van der Waals surface area (Å²) in [4.78, 5) is 13.1. The summed E-state index contributed by atoms with van der Waals surface area (Å²) < 4.78 is 4.55. The van der Waals surface area contributed by atoms with E-state index in [-0.39, 0.29) is 5.75 Å². The van der Waals surface area contributed by atoms with E-state index in [1.165, 1.54) is 6.26 Å². The fourth-order valence-corrected chi connectivity index (χ4v) is 1.11. The van der Waals surface area contributed by atoms with Gasteiger partial charge in [-0.05, 0) is 12.1 Å². The van der Waals surface area contributed by atoms with Crippen LogP contribution in [0, 0.1) is 0 Å². The first-order valence-electron chi connectivity index (χ1n) is 3.73. The number of para-hydroxylation sites is 1. The fourth-order valence-electron chi connectivity index (χ4n) is 1.11. The lowest BCUT2D eigenvalue weighted by atomic mass is 10.1. The molecule has 4 heteroatoms. The summed E-state index contributed by atoms with van der Waals surface area (Å²) in [6, 6.07) is 6.70. The number of aromatic hydroxyl groups is 1. The van der Waals surface area contributed by atoms with E-state index in [1.807, 2.05) is 0 Å². The van der Waals surface area contributed by atoms with E-state index in [1.54, 1.807) is 24.3 Å². The topological polar surface area (TPSA) is 66.2 Å². The molecule has 1 heterocycles. The largest absolute Gasteiger partial charge is 0.507 e. The third-order valence-electron chi connectivity index (χ3n) is 1.71. The Hall–Kier alpha value is -1.97. The minimum absolute atomic E-state index is 0.111. The maximum atomic E-state index is 10.7. The number of aromatic amines is 1. The zero-order valence-corrected chi connectivity index (χ0v) is 6.65. The molecule has 0 radical (unpaired) electrons. The molecule has 4 nitrogen and oxygen atoms in total. The lowest BCUT2D eigenvalue weighted by Crippen LogP contribution is -1.94. The van der Waals surface area contributed by atoms with Gasteiger partial charge in [0.1, 0.15) is 12.0 Å². The second kappa shape index (κ2) is 2.82. The van der Waals surface area contributed by atoms with Crippen molar-refractivity contribution in [3.8, 4) is 17.0 Å². The Kier molecular flexibility index (Phi) is 1.66. The normalized spacial score (nSPS) is 10.2. The van der Waals surface area contributed by atoms with E-state index in [2.05, 4.69) is 9.40 Å². The van der Waals surface area contributed by atoms with E-state index in [0.29, 0.717) is 11.3 Å². The van der Waals surface area contributed by atoms with Gasteiger partial charge in [0, 0.05) is 5.56 Å². The zero-order chi connectivity index (χ0) is 9.26. The molecule has 0 aliphatic rings. The lowest BCUT2D eigenvalue weighted by Gasteiger charge is -1.98. The second-order valence-electron chi connectivity index (χ2n) is 2.58. The molecule has 0 fully saturated rings. The van der Waals surface area contributed by atoms with Crippen LogP contribution in [0.4, 0.5) is 0 Å². The van der Waals surface area contributed by atoms with Crippen molar-refractivity contribution >= 4 is 0 Å². The number of H-pyrrole nitrogens is 1. The summed E-state index contributed by atoms with van der Waals surface area (Å²) in [5.41, 5.74) is 1.02. The first-order chi connectivity index (χ1) is 6.27. The summed E-state index contributed by atoms with van der Waals surface area (Å²) in [5.74, 6) is -0.419. The van der Waals surface area contributed by atoms with E-state index < -0.39 is 5.76 Å². The highest BCUT2D eigenvalue weighted by molar-refractivity contribution is 5.65. The summed E-state index contributed by atoms with van der Waals surface area (Å²) in [5, 5.41) is 9.41. The molecule has 0 aliphatic heterocycles. The minimum Gasteiger partial charge on any atom is -0.507 e. The molecule has 0 aliphatic carbocycles. The highest BCUT2D eigenvalue weighted by atomic mass is 16.4.